The number of unbranched alkanes of at least 4 members (excludes halogenated alkanes) is 1. The minimum Gasteiger partial charge on any atom is -0.466 e. The van der Waals surface area contributed by atoms with E-state index in [2.05, 4.69) is 17.1 Å². The summed E-state index contributed by atoms with van der Waals surface area (Å²) in [6, 6.07) is 0. The van der Waals surface area contributed by atoms with Crippen LogP contribution in [0, 0.1) is 11.3 Å². The molecular weight excluding hydrogens is 456 g/mol. The highest BCUT2D eigenvalue weighted by molar-refractivity contribution is 5.84. The molecule has 2 aliphatic rings. The van der Waals surface area contributed by atoms with Gasteiger partial charge in [0.05, 0.1) is 19.6 Å². The van der Waals surface area contributed by atoms with E-state index in [1.165, 1.54) is 38.5 Å². The Hall–Kier alpha value is -2.70. The average molecular weight is 499 g/mol. The van der Waals surface area contributed by atoms with Gasteiger partial charge in [-0.05, 0) is 32.6 Å². The Labute approximate surface area is 215 Å². The molecule has 7 heteroatoms. The van der Waals surface area contributed by atoms with Crippen LogP contribution >= 0.6 is 0 Å². The largest absolute Gasteiger partial charge is 0.466 e. The Morgan fingerprint density at radius 2 is 1.94 bits per heavy atom. The molecule has 0 N–H and O–H groups in total. The molecule has 1 aromatic rings. The van der Waals surface area contributed by atoms with Crippen molar-refractivity contribution in [2.75, 3.05) is 13.2 Å². The van der Waals surface area contributed by atoms with E-state index in [1.54, 1.807) is 19.1 Å². The van der Waals surface area contributed by atoms with Crippen LogP contribution in [0.5, 0.6) is 0 Å². The standard InChI is InChI=1S/C29H42N2O5/c1-4-6-20-35-25(32)21-24(15-10-14-22-12-8-7-9-13-22)27-30-26(31-36-27)23-16-11-18-29(3,19-17-23)28(33)34-5-2/h11,16-19,22,24H,4-10,12-15,20-21H2,1-3H3. The minimum absolute atomic E-state index is 0.167. The van der Waals surface area contributed by atoms with Gasteiger partial charge in [0.1, 0.15) is 5.41 Å². The van der Waals surface area contributed by atoms with Gasteiger partial charge in [-0.25, -0.2) is 0 Å². The first-order valence-electron chi connectivity index (χ1n) is 13.7. The third-order valence-electron chi connectivity index (χ3n) is 7.16. The summed E-state index contributed by atoms with van der Waals surface area (Å²) in [7, 11) is 0. The van der Waals surface area contributed by atoms with E-state index in [-0.39, 0.29) is 24.3 Å². The van der Waals surface area contributed by atoms with Gasteiger partial charge >= 0.3 is 11.9 Å². The number of rotatable bonds is 13. The van der Waals surface area contributed by atoms with Crippen LogP contribution in [-0.4, -0.2) is 35.3 Å². The highest BCUT2D eigenvalue weighted by Gasteiger charge is 2.30. The molecule has 1 heterocycles. The summed E-state index contributed by atoms with van der Waals surface area (Å²) in [5.41, 5.74) is -0.120. The van der Waals surface area contributed by atoms with Crippen molar-refractivity contribution in [3.8, 4) is 0 Å². The number of hydrogen-bond acceptors (Lipinski definition) is 7. The van der Waals surface area contributed by atoms with Crippen LogP contribution in [0.15, 0.2) is 34.9 Å². The van der Waals surface area contributed by atoms with Gasteiger partial charge in [0.25, 0.3) is 0 Å². The summed E-state index contributed by atoms with van der Waals surface area (Å²) < 4.78 is 16.3. The molecule has 2 unspecified atom stereocenters. The Morgan fingerprint density at radius 1 is 1.14 bits per heavy atom. The first-order valence-corrected chi connectivity index (χ1v) is 13.7. The smallest absolute Gasteiger partial charge is 0.319 e. The third-order valence-corrected chi connectivity index (χ3v) is 7.16. The van der Waals surface area contributed by atoms with Crippen molar-refractivity contribution < 1.29 is 23.6 Å². The van der Waals surface area contributed by atoms with E-state index in [0.29, 0.717) is 24.9 Å². The zero-order valence-corrected chi connectivity index (χ0v) is 22.2. The van der Waals surface area contributed by atoms with Gasteiger partial charge in [0.2, 0.25) is 11.7 Å². The Bertz CT molecular complexity index is 941. The Kier molecular flexibility index (Phi) is 11.0. The number of aromatic nitrogens is 2. The van der Waals surface area contributed by atoms with Crippen molar-refractivity contribution in [3.05, 3.63) is 42.1 Å². The Morgan fingerprint density at radius 3 is 2.69 bits per heavy atom. The maximum Gasteiger partial charge on any atom is 0.319 e. The topological polar surface area (TPSA) is 91.5 Å². The number of hydrogen-bond donors (Lipinski definition) is 0. The van der Waals surface area contributed by atoms with E-state index in [1.807, 2.05) is 25.2 Å². The van der Waals surface area contributed by atoms with Crippen molar-refractivity contribution in [1.82, 2.24) is 10.1 Å². The van der Waals surface area contributed by atoms with Crippen LogP contribution in [0.2, 0.25) is 0 Å². The van der Waals surface area contributed by atoms with Crippen molar-refractivity contribution >= 4 is 17.5 Å². The predicted octanol–water partition coefficient (Wildman–Crippen LogP) is 6.72. The molecule has 0 bridgehead atoms. The molecule has 3 rings (SSSR count). The quantitative estimate of drug-likeness (QED) is 0.220. The van der Waals surface area contributed by atoms with Gasteiger partial charge in [-0.15, -0.1) is 0 Å². The molecule has 1 aromatic heterocycles. The number of nitrogens with zero attached hydrogens (tertiary/aromatic N) is 2. The van der Waals surface area contributed by atoms with Crippen LogP contribution in [0.3, 0.4) is 0 Å². The number of allylic oxidation sites excluding steroid dienone is 4. The lowest BCUT2D eigenvalue weighted by atomic mass is 9.84. The van der Waals surface area contributed by atoms with Crippen molar-refractivity contribution in [2.24, 2.45) is 11.3 Å². The molecular formula is C29H42N2O5. The summed E-state index contributed by atoms with van der Waals surface area (Å²) in [5, 5.41) is 4.20. The van der Waals surface area contributed by atoms with Gasteiger partial charge in [-0.3, -0.25) is 9.59 Å². The molecule has 0 aromatic carbocycles. The molecule has 0 aliphatic heterocycles. The summed E-state index contributed by atoms with van der Waals surface area (Å²) in [5.74, 6) is 1.01. The molecule has 1 saturated carbocycles. The lowest BCUT2D eigenvalue weighted by Gasteiger charge is -2.22. The molecule has 36 heavy (non-hydrogen) atoms. The lowest BCUT2D eigenvalue weighted by molar-refractivity contribution is -0.149. The maximum absolute atomic E-state index is 12.5. The van der Waals surface area contributed by atoms with E-state index in [9.17, 15) is 9.59 Å². The van der Waals surface area contributed by atoms with Crippen LogP contribution in [0.4, 0.5) is 0 Å². The summed E-state index contributed by atoms with van der Waals surface area (Å²) in [6.45, 7) is 6.45. The first-order chi connectivity index (χ1) is 17.4. The van der Waals surface area contributed by atoms with Crippen LogP contribution in [0.1, 0.15) is 109 Å². The summed E-state index contributed by atoms with van der Waals surface area (Å²) in [6.07, 6.45) is 20.8. The van der Waals surface area contributed by atoms with Gasteiger partial charge in [0.15, 0.2) is 0 Å². The Balaban J connectivity index is 1.68. The molecule has 2 aliphatic carbocycles. The molecule has 198 valence electrons. The molecule has 0 radical (unpaired) electrons. The van der Waals surface area contributed by atoms with Crippen molar-refractivity contribution in [2.45, 2.75) is 97.3 Å². The monoisotopic (exact) mass is 498 g/mol. The van der Waals surface area contributed by atoms with E-state index >= 15 is 0 Å². The highest BCUT2D eigenvalue weighted by Crippen LogP contribution is 2.32. The average Bonchev–Trinajstić information content (AvgIpc) is 3.27. The normalized spacial score (nSPS) is 21.0. The fourth-order valence-corrected chi connectivity index (χ4v) is 4.85. The lowest BCUT2D eigenvalue weighted by Crippen LogP contribution is -2.25. The second-order valence-corrected chi connectivity index (χ2v) is 10.2. The van der Waals surface area contributed by atoms with Crippen LogP contribution in [-0.2, 0) is 19.1 Å². The number of ether oxygens (including phenoxy) is 2. The van der Waals surface area contributed by atoms with Crippen molar-refractivity contribution in [3.63, 3.8) is 0 Å². The molecule has 0 amide bonds. The van der Waals surface area contributed by atoms with Crippen LogP contribution < -0.4 is 0 Å². The molecule has 7 nitrogen and oxygen atoms in total. The zero-order chi connectivity index (χ0) is 25.8. The summed E-state index contributed by atoms with van der Waals surface area (Å²) >= 11 is 0. The second kappa shape index (κ2) is 14.1. The first kappa shape index (κ1) is 27.9. The molecule has 0 spiro atoms. The minimum atomic E-state index is -0.856. The van der Waals surface area contributed by atoms with Gasteiger partial charge in [0, 0.05) is 11.5 Å². The maximum atomic E-state index is 12.5. The van der Waals surface area contributed by atoms with Gasteiger partial charge in [-0.2, -0.15) is 4.98 Å². The highest BCUT2D eigenvalue weighted by atomic mass is 16.5. The fourth-order valence-electron chi connectivity index (χ4n) is 4.85. The number of carbonyl (C=O) groups is 2. The predicted molar refractivity (Wildman–Crippen MR) is 139 cm³/mol. The molecule has 2 atom stereocenters. The van der Waals surface area contributed by atoms with Crippen molar-refractivity contribution in [1.29, 1.82) is 0 Å². The second-order valence-electron chi connectivity index (χ2n) is 10.2. The molecule has 0 saturated heterocycles. The van der Waals surface area contributed by atoms with E-state index < -0.39 is 5.41 Å². The fraction of sp³-hybridized carbons (Fsp3) is 0.655. The SMILES string of the molecule is CCCCOC(=O)CC(CCCC1CCCCC1)c1nc(C2=CC=CC(C)(C(=O)OCC)C=C2)no1. The van der Waals surface area contributed by atoms with E-state index in [0.717, 1.165) is 37.2 Å². The molecule has 1 fully saturated rings. The summed E-state index contributed by atoms with van der Waals surface area (Å²) in [4.78, 5) is 29.6. The third kappa shape index (κ3) is 8.17. The zero-order valence-electron chi connectivity index (χ0n) is 22.2. The number of carbonyl (C=O) groups excluding carboxylic acids is 2. The van der Waals surface area contributed by atoms with E-state index in [4.69, 9.17) is 14.0 Å². The van der Waals surface area contributed by atoms with Gasteiger partial charge < -0.3 is 14.0 Å². The van der Waals surface area contributed by atoms with Gasteiger partial charge in [-0.1, -0.05) is 93.8 Å². The van der Waals surface area contributed by atoms with Crippen LogP contribution in [0.25, 0.3) is 5.57 Å². The number of esters is 2.